The molecular formula is C29H33ClN4O6S. The van der Waals surface area contributed by atoms with Gasteiger partial charge in [-0.2, -0.15) is 4.31 Å². The van der Waals surface area contributed by atoms with Gasteiger partial charge in [-0.3, -0.25) is 4.79 Å². The lowest BCUT2D eigenvalue weighted by Crippen LogP contribution is -2.50. The van der Waals surface area contributed by atoms with E-state index in [9.17, 15) is 23.1 Å². The number of carbonyl (C=O) groups is 2. The summed E-state index contributed by atoms with van der Waals surface area (Å²) in [5.41, 5.74) is 0.996. The van der Waals surface area contributed by atoms with E-state index in [0.717, 1.165) is 0 Å². The molecule has 1 aliphatic heterocycles. The van der Waals surface area contributed by atoms with E-state index in [4.69, 9.17) is 16.3 Å². The fourth-order valence-corrected chi connectivity index (χ4v) is 5.81. The largest absolute Gasteiger partial charge is 0.486 e. The predicted molar refractivity (Wildman–Crippen MR) is 158 cm³/mol. The molecule has 1 heterocycles. The Morgan fingerprint density at radius 3 is 2.44 bits per heavy atom. The number of hydrogen-bond acceptors (Lipinski definition) is 6. The van der Waals surface area contributed by atoms with Gasteiger partial charge in [0.05, 0.1) is 35.3 Å². The maximum absolute atomic E-state index is 13.7. The SMILES string of the molecule is C[C@@H]1CN([C@@H](C)CO)C(=O)c2cccc(NC(=O)Nc3ccccc3)c2O[C@@H]1CN(C)S(=O)(=O)c1ccc(Cl)cc1. The highest BCUT2D eigenvalue weighted by atomic mass is 35.5. The first kappa shape index (κ1) is 30.3. The molecule has 0 unspecified atom stereocenters. The van der Waals surface area contributed by atoms with Crippen molar-refractivity contribution in [2.24, 2.45) is 5.92 Å². The molecule has 218 valence electrons. The molecule has 0 aromatic heterocycles. The maximum Gasteiger partial charge on any atom is 0.323 e. The van der Waals surface area contributed by atoms with Gasteiger partial charge in [0.15, 0.2) is 5.75 Å². The van der Waals surface area contributed by atoms with E-state index < -0.39 is 28.2 Å². The minimum absolute atomic E-state index is 0.0500. The number of aliphatic hydroxyl groups excluding tert-OH is 1. The van der Waals surface area contributed by atoms with Crippen LogP contribution in [0.5, 0.6) is 5.75 Å². The van der Waals surface area contributed by atoms with E-state index in [1.165, 1.54) is 35.6 Å². The normalized spacial score (nSPS) is 18.1. The van der Waals surface area contributed by atoms with Crippen LogP contribution in [0.3, 0.4) is 0 Å². The lowest BCUT2D eigenvalue weighted by Gasteiger charge is -2.38. The van der Waals surface area contributed by atoms with Crippen LogP contribution in [0, 0.1) is 5.92 Å². The fourth-order valence-electron chi connectivity index (χ4n) is 4.50. The van der Waals surface area contributed by atoms with Crippen molar-refractivity contribution in [3.05, 3.63) is 83.4 Å². The molecule has 3 N–H and O–H groups in total. The highest BCUT2D eigenvalue weighted by molar-refractivity contribution is 7.89. The van der Waals surface area contributed by atoms with Crippen molar-refractivity contribution in [3.8, 4) is 5.75 Å². The number of nitrogens with one attached hydrogen (secondary N) is 2. The summed E-state index contributed by atoms with van der Waals surface area (Å²) in [6, 6.07) is 18.5. The van der Waals surface area contributed by atoms with Crippen LogP contribution in [0.15, 0.2) is 77.7 Å². The van der Waals surface area contributed by atoms with Gasteiger partial charge in [0, 0.05) is 30.2 Å². The monoisotopic (exact) mass is 600 g/mol. The van der Waals surface area contributed by atoms with Gasteiger partial charge in [-0.05, 0) is 55.5 Å². The van der Waals surface area contributed by atoms with Crippen LogP contribution in [0.25, 0.3) is 0 Å². The first-order valence-corrected chi connectivity index (χ1v) is 14.9. The summed E-state index contributed by atoms with van der Waals surface area (Å²) >= 11 is 5.94. The minimum Gasteiger partial charge on any atom is -0.486 e. The number of urea groups is 1. The van der Waals surface area contributed by atoms with Crippen molar-refractivity contribution < 1.29 is 27.9 Å². The number of amides is 3. The molecule has 3 aromatic carbocycles. The van der Waals surface area contributed by atoms with E-state index in [2.05, 4.69) is 10.6 Å². The van der Waals surface area contributed by atoms with Crippen LogP contribution < -0.4 is 15.4 Å². The standard InChI is InChI=1S/C29H33ClN4O6S/c1-19-16-34(20(2)18-35)28(36)24-10-7-11-25(32-29(37)31-22-8-5-4-6-9-22)27(24)40-26(19)17-33(3)41(38,39)23-14-12-21(30)13-15-23/h4-15,19-20,26,35H,16-18H2,1-3H3,(H2,31,32,37)/t19-,20+,26-/m1/s1. The molecule has 3 amide bonds. The van der Waals surface area contributed by atoms with Gasteiger partial charge in [-0.25, -0.2) is 13.2 Å². The third-order valence-electron chi connectivity index (χ3n) is 6.93. The Morgan fingerprint density at radius 1 is 1.10 bits per heavy atom. The number of nitrogens with zero attached hydrogens (tertiary/aromatic N) is 2. The van der Waals surface area contributed by atoms with Crippen LogP contribution in [0.4, 0.5) is 16.2 Å². The number of aliphatic hydroxyl groups is 1. The molecular weight excluding hydrogens is 568 g/mol. The number of hydrogen-bond donors (Lipinski definition) is 3. The lowest BCUT2D eigenvalue weighted by atomic mass is 9.99. The molecule has 1 aliphatic rings. The summed E-state index contributed by atoms with van der Waals surface area (Å²) in [5, 5.41) is 15.8. The zero-order chi connectivity index (χ0) is 29.7. The number of fused-ring (bicyclic) bond motifs is 1. The third-order valence-corrected chi connectivity index (χ3v) is 9.02. The molecule has 3 atom stereocenters. The number of likely N-dealkylation sites (N-methyl/N-ethyl adjacent to an activating group) is 1. The van der Waals surface area contributed by atoms with Crippen molar-refractivity contribution in [1.29, 1.82) is 0 Å². The minimum atomic E-state index is -3.89. The van der Waals surface area contributed by atoms with Gasteiger partial charge in [-0.1, -0.05) is 42.8 Å². The van der Waals surface area contributed by atoms with Gasteiger partial charge < -0.3 is 25.4 Å². The summed E-state index contributed by atoms with van der Waals surface area (Å²) in [4.78, 5) is 28.1. The number of sulfonamides is 1. The van der Waals surface area contributed by atoms with E-state index in [1.807, 2.05) is 13.0 Å². The van der Waals surface area contributed by atoms with Crippen molar-refractivity contribution in [3.63, 3.8) is 0 Å². The molecule has 10 nitrogen and oxygen atoms in total. The van der Waals surface area contributed by atoms with E-state index in [-0.39, 0.29) is 53.4 Å². The smallest absolute Gasteiger partial charge is 0.323 e. The van der Waals surface area contributed by atoms with Gasteiger partial charge in [0.2, 0.25) is 10.0 Å². The zero-order valence-corrected chi connectivity index (χ0v) is 24.5. The molecule has 0 fully saturated rings. The molecule has 4 rings (SSSR count). The number of rotatable bonds is 8. The predicted octanol–water partition coefficient (Wildman–Crippen LogP) is 4.52. The Kier molecular flexibility index (Phi) is 9.54. The molecule has 41 heavy (non-hydrogen) atoms. The maximum atomic E-state index is 13.7. The highest BCUT2D eigenvalue weighted by Crippen LogP contribution is 2.35. The molecule has 0 aliphatic carbocycles. The molecule has 0 saturated carbocycles. The van der Waals surface area contributed by atoms with Gasteiger partial charge >= 0.3 is 6.03 Å². The van der Waals surface area contributed by atoms with Crippen LogP contribution >= 0.6 is 11.6 Å². The first-order valence-electron chi connectivity index (χ1n) is 13.1. The van der Waals surface area contributed by atoms with E-state index >= 15 is 0 Å². The topological polar surface area (TPSA) is 128 Å². The summed E-state index contributed by atoms with van der Waals surface area (Å²) in [5.74, 6) is -0.610. The average Bonchev–Trinajstić information content (AvgIpc) is 2.95. The fraction of sp³-hybridized carbons (Fsp3) is 0.310. The Labute approximate surface area is 244 Å². The van der Waals surface area contributed by atoms with Gasteiger partial charge in [-0.15, -0.1) is 0 Å². The Balaban J connectivity index is 1.68. The highest BCUT2D eigenvalue weighted by Gasteiger charge is 2.36. The second kappa shape index (κ2) is 12.9. The second-order valence-electron chi connectivity index (χ2n) is 9.99. The van der Waals surface area contributed by atoms with Gasteiger partial charge in [0.25, 0.3) is 5.91 Å². The molecule has 12 heteroatoms. The summed E-state index contributed by atoms with van der Waals surface area (Å²) in [6.45, 7) is 3.48. The van der Waals surface area contributed by atoms with Crippen LogP contribution in [-0.2, 0) is 10.0 Å². The number of anilines is 2. The van der Waals surface area contributed by atoms with Crippen LogP contribution in [-0.4, -0.2) is 73.6 Å². The summed E-state index contributed by atoms with van der Waals surface area (Å²) < 4.78 is 34.3. The lowest BCUT2D eigenvalue weighted by molar-refractivity contribution is 0.0389. The van der Waals surface area contributed by atoms with E-state index in [0.29, 0.717) is 10.7 Å². The molecule has 0 saturated heterocycles. The van der Waals surface area contributed by atoms with Crippen molar-refractivity contribution in [2.75, 3.05) is 37.4 Å². The molecule has 0 spiro atoms. The Bertz CT molecular complexity index is 1490. The van der Waals surface area contributed by atoms with Crippen LogP contribution in [0.2, 0.25) is 5.02 Å². The quantitative estimate of drug-likeness (QED) is 0.349. The third kappa shape index (κ3) is 6.99. The van der Waals surface area contributed by atoms with Crippen molar-refractivity contribution in [1.82, 2.24) is 9.21 Å². The molecule has 3 aromatic rings. The second-order valence-corrected chi connectivity index (χ2v) is 12.5. The molecule has 0 bridgehead atoms. The summed E-state index contributed by atoms with van der Waals surface area (Å²) in [6.07, 6.45) is -0.720. The van der Waals surface area contributed by atoms with E-state index in [1.54, 1.807) is 54.3 Å². The Morgan fingerprint density at radius 2 is 1.78 bits per heavy atom. The van der Waals surface area contributed by atoms with Crippen LogP contribution in [0.1, 0.15) is 24.2 Å². The number of carbonyl (C=O) groups excluding carboxylic acids is 2. The van der Waals surface area contributed by atoms with Crippen molar-refractivity contribution in [2.45, 2.75) is 30.9 Å². The number of benzene rings is 3. The Hall–Kier alpha value is -3.64. The van der Waals surface area contributed by atoms with Gasteiger partial charge in [0.1, 0.15) is 6.10 Å². The zero-order valence-electron chi connectivity index (χ0n) is 23.0. The number of halogens is 1. The number of para-hydroxylation sites is 2. The average molecular weight is 601 g/mol. The number of ether oxygens (including phenoxy) is 1. The first-order chi connectivity index (χ1) is 19.5. The summed E-state index contributed by atoms with van der Waals surface area (Å²) in [7, 11) is -2.44. The molecule has 0 radical (unpaired) electrons. The van der Waals surface area contributed by atoms with Crippen molar-refractivity contribution >= 4 is 44.9 Å².